The number of hydrogen-bond donors (Lipinski definition) is 3. The molecule has 70 heavy (non-hydrogen) atoms. The fraction of sp³-hybridized carbons (Fsp3) is 0.875. The maximum absolute atomic E-state index is 12.4. The lowest BCUT2D eigenvalue weighted by Gasteiger charge is -2.20. The molecule has 0 fully saturated rings. The first-order valence-electron chi connectivity index (χ1n) is 31.3. The van der Waals surface area contributed by atoms with Gasteiger partial charge in [0, 0.05) is 12.8 Å². The Morgan fingerprint density at radius 1 is 0.400 bits per heavy atom. The second kappa shape index (κ2) is 59.6. The Morgan fingerprint density at radius 3 is 1.11 bits per heavy atom. The van der Waals surface area contributed by atoms with Crippen LogP contribution in [0.25, 0.3) is 0 Å². The van der Waals surface area contributed by atoms with E-state index in [4.69, 9.17) is 4.74 Å². The van der Waals surface area contributed by atoms with E-state index >= 15 is 0 Å². The first-order chi connectivity index (χ1) is 34.5. The van der Waals surface area contributed by atoms with Crippen LogP contribution in [0.2, 0.25) is 0 Å². The zero-order chi connectivity index (χ0) is 50.7. The van der Waals surface area contributed by atoms with Gasteiger partial charge in [0.1, 0.15) is 0 Å². The lowest BCUT2D eigenvalue weighted by Crippen LogP contribution is -2.45. The van der Waals surface area contributed by atoms with Gasteiger partial charge < -0.3 is 20.3 Å². The molecule has 0 radical (unpaired) electrons. The summed E-state index contributed by atoms with van der Waals surface area (Å²) in [5, 5.41) is 23.1. The lowest BCUT2D eigenvalue weighted by atomic mass is 10.0. The second-order valence-electron chi connectivity index (χ2n) is 21.4. The van der Waals surface area contributed by atoms with Gasteiger partial charge in [-0.1, -0.05) is 294 Å². The maximum Gasteiger partial charge on any atom is 0.305 e. The number of amides is 1. The van der Waals surface area contributed by atoms with Gasteiger partial charge in [-0.15, -0.1) is 0 Å². The number of allylic oxidation sites excluding steroid dienone is 5. The molecule has 0 aromatic heterocycles. The van der Waals surface area contributed by atoms with Crippen molar-refractivity contribution in [3.8, 4) is 0 Å². The molecule has 0 saturated carbocycles. The summed E-state index contributed by atoms with van der Waals surface area (Å²) in [4.78, 5) is 24.5. The van der Waals surface area contributed by atoms with Crippen LogP contribution in [-0.2, 0) is 14.3 Å². The summed E-state index contributed by atoms with van der Waals surface area (Å²) in [5.41, 5.74) is 0. The molecule has 1 amide bonds. The molecule has 3 N–H and O–H groups in total. The highest BCUT2D eigenvalue weighted by Crippen LogP contribution is 2.18. The van der Waals surface area contributed by atoms with Gasteiger partial charge in [-0.3, -0.25) is 9.59 Å². The van der Waals surface area contributed by atoms with Crippen molar-refractivity contribution >= 4 is 11.9 Å². The van der Waals surface area contributed by atoms with E-state index in [2.05, 4.69) is 43.5 Å². The topological polar surface area (TPSA) is 95.9 Å². The monoisotopic (exact) mass is 984 g/mol. The number of aliphatic hydroxyl groups excluding tert-OH is 2. The van der Waals surface area contributed by atoms with Gasteiger partial charge in [0.25, 0.3) is 0 Å². The molecular weight excluding hydrogens is 863 g/mol. The number of esters is 1. The van der Waals surface area contributed by atoms with E-state index in [0.29, 0.717) is 19.4 Å². The average molecular weight is 985 g/mol. The third-order valence-corrected chi connectivity index (χ3v) is 14.4. The van der Waals surface area contributed by atoms with Crippen LogP contribution in [0.1, 0.15) is 335 Å². The summed E-state index contributed by atoms with van der Waals surface area (Å²) in [7, 11) is 0. The van der Waals surface area contributed by atoms with Crippen molar-refractivity contribution < 1.29 is 24.5 Å². The highest BCUT2D eigenvalue weighted by atomic mass is 16.5. The predicted octanol–water partition coefficient (Wildman–Crippen LogP) is 19.6. The quantitative estimate of drug-likeness (QED) is 0.0321. The molecule has 0 bridgehead atoms. The van der Waals surface area contributed by atoms with Crippen LogP contribution in [-0.4, -0.2) is 47.4 Å². The molecule has 0 heterocycles. The van der Waals surface area contributed by atoms with E-state index in [0.717, 1.165) is 51.4 Å². The smallest absolute Gasteiger partial charge is 0.305 e. The third kappa shape index (κ3) is 55.4. The Kier molecular flexibility index (Phi) is 58.0. The minimum absolute atomic E-state index is 0.00186. The van der Waals surface area contributed by atoms with Crippen LogP contribution in [0, 0.1) is 0 Å². The molecule has 2 atom stereocenters. The number of hydrogen-bond acceptors (Lipinski definition) is 5. The standard InChI is InChI=1S/C64H121NO5/c1-3-5-7-9-11-13-15-17-29-34-38-42-46-50-54-58-64(69)70-59-55-51-47-43-39-35-31-28-26-24-22-20-18-19-21-23-25-27-30-33-37-41-45-49-53-57-63(68)65-61(60-66)62(67)56-52-48-44-40-36-32-16-14-12-10-8-6-4-2/h11,13,17,29,52,56,61-62,66-67H,3-10,12,14-16,18-28,30-51,53-55,57-60H2,1-2H3,(H,65,68)/b13-11-,29-17-,56-52+. The van der Waals surface area contributed by atoms with Gasteiger partial charge in [0.2, 0.25) is 5.91 Å². The van der Waals surface area contributed by atoms with Gasteiger partial charge in [-0.25, -0.2) is 0 Å². The fourth-order valence-electron chi connectivity index (χ4n) is 9.61. The van der Waals surface area contributed by atoms with E-state index in [1.165, 1.54) is 257 Å². The highest BCUT2D eigenvalue weighted by molar-refractivity contribution is 5.76. The lowest BCUT2D eigenvalue weighted by molar-refractivity contribution is -0.143. The van der Waals surface area contributed by atoms with Crippen LogP contribution in [0.3, 0.4) is 0 Å². The first-order valence-corrected chi connectivity index (χ1v) is 31.3. The Bertz CT molecular complexity index is 1130. The molecule has 0 aliphatic rings. The van der Waals surface area contributed by atoms with Gasteiger partial charge in [0.05, 0.1) is 25.4 Å². The van der Waals surface area contributed by atoms with Crippen LogP contribution < -0.4 is 5.32 Å². The summed E-state index contributed by atoms with van der Waals surface area (Å²) in [6.45, 7) is 4.88. The normalized spacial score (nSPS) is 12.8. The molecule has 0 saturated heterocycles. The van der Waals surface area contributed by atoms with E-state index in [-0.39, 0.29) is 18.5 Å². The number of rotatable bonds is 58. The van der Waals surface area contributed by atoms with E-state index in [1.807, 2.05) is 6.08 Å². The predicted molar refractivity (Wildman–Crippen MR) is 306 cm³/mol. The van der Waals surface area contributed by atoms with E-state index < -0.39 is 12.1 Å². The first kappa shape index (κ1) is 68.1. The van der Waals surface area contributed by atoms with Gasteiger partial charge in [-0.2, -0.15) is 0 Å². The van der Waals surface area contributed by atoms with Crippen LogP contribution >= 0.6 is 0 Å². The largest absolute Gasteiger partial charge is 0.466 e. The SMILES string of the molecule is CCCCC/C=C\C/C=C\CCCCCCCC(=O)OCCCCCCCCCCCCCCCCCCCCCCCCCCCC(=O)NC(CO)C(O)/C=C/CCCCCCCCCCCCC. The second-order valence-corrected chi connectivity index (χ2v) is 21.4. The van der Waals surface area contributed by atoms with Crippen LogP contribution in [0.15, 0.2) is 36.5 Å². The van der Waals surface area contributed by atoms with Crippen LogP contribution in [0.4, 0.5) is 0 Å². The minimum atomic E-state index is -0.842. The summed E-state index contributed by atoms with van der Waals surface area (Å²) < 4.78 is 5.48. The molecule has 0 spiro atoms. The number of unbranched alkanes of at least 4 members (excludes halogenated alkanes) is 43. The number of nitrogens with one attached hydrogen (secondary N) is 1. The van der Waals surface area contributed by atoms with Crippen molar-refractivity contribution in [2.75, 3.05) is 13.2 Å². The average Bonchev–Trinajstić information content (AvgIpc) is 3.36. The number of carbonyl (C=O) groups excluding carboxylic acids is 2. The van der Waals surface area contributed by atoms with Crippen molar-refractivity contribution in [2.24, 2.45) is 0 Å². The van der Waals surface area contributed by atoms with E-state index in [1.54, 1.807) is 6.08 Å². The summed E-state index contributed by atoms with van der Waals surface area (Å²) in [6.07, 6.45) is 74.7. The van der Waals surface area contributed by atoms with Gasteiger partial charge >= 0.3 is 5.97 Å². The summed E-state index contributed by atoms with van der Waals surface area (Å²) in [5.74, 6) is -0.0641. The molecule has 412 valence electrons. The maximum atomic E-state index is 12.4. The Balaban J connectivity index is 3.37. The fourth-order valence-corrected chi connectivity index (χ4v) is 9.61. The van der Waals surface area contributed by atoms with Crippen molar-refractivity contribution in [1.82, 2.24) is 5.32 Å². The van der Waals surface area contributed by atoms with Crippen molar-refractivity contribution in [3.05, 3.63) is 36.5 Å². The molecule has 0 aromatic rings. The minimum Gasteiger partial charge on any atom is -0.466 e. The molecule has 2 unspecified atom stereocenters. The summed E-state index contributed by atoms with van der Waals surface area (Å²) >= 11 is 0. The van der Waals surface area contributed by atoms with Crippen LogP contribution in [0.5, 0.6) is 0 Å². The third-order valence-electron chi connectivity index (χ3n) is 14.4. The van der Waals surface area contributed by atoms with Crippen molar-refractivity contribution in [2.45, 2.75) is 347 Å². The van der Waals surface area contributed by atoms with Crippen molar-refractivity contribution in [1.29, 1.82) is 0 Å². The Hall–Kier alpha value is -1.92. The number of aliphatic hydroxyl groups is 2. The molecule has 0 aliphatic carbocycles. The Labute approximate surface area is 436 Å². The molecule has 0 rings (SSSR count). The van der Waals surface area contributed by atoms with Gasteiger partial charge in [0.15, 0.2) is 0 Å². The molecule has 0 aliphatic heterocycles. The number of carbonyl (C=O) groups is 2. The molecular formula is C64H121NO5. The van der Waals surface area contributed by atoms with E-state index in [9.17, 15) is 19.8 Å². The zero-order valence-corrected chi connectivity index (χ0v) is 47.0. The molecule has 6 nitrogen and oxygen atoms in total. The van der Waals surface area contributed by atoms with Gasteiger partial charge in [-0.05, 0) is 64.2 Å². The summed E-state index contributed by atoms with van der Waals surface area (Å²) in [6, 6.07) is -0.626. The number of ether oxygens (including phenoxy) is 1. The van der Waals surface area contributed by atoms with Crippen molar-refractivity contribution in [3.63, 3.8) is 0 Å². The highest BCUT2D eigenvalue weighted by Gasteiger charge is 2.18. The zero-order valence-electron chi connectivity index (χ0n) is 47.0. The Morgan fingerprint density at radius 2 is 0.714 bits per heavy atom. The molecule has 0 aromatic carbocycles. The molecule has 6 heteroatoms.